The van der Waals surface area contributed by atoms with Crippen LogP contribution in [0.4, 0.5) is 0 Å². The molecule has 1 aliphatic heterocycles. The molecule has 1 N–H and O–H groups in total. The molecule has 4 atom stereocenters. The van der Waals surface area contributed by atoms with Crippen molar-refractivity contribution in [1.29, 1.82) is 0 Å². The van der Waals surface area contributed by atoms with Crippen LogP contribution in [0.25, 0.3) is 0 Å². The molecule has 90 valence electrons. The summed E-state index contributed by atoms with van der Waals surface area (Å²) in [5.74, 6) is 0.323. The van der Waals surface area contributed by atoms with Crippen LogP contribution in [-0.2, 0) is 0 Å². The van der Waals surface area contributed by atoms with Gasteiger partial charge in [0, 0.05) is 12.3 Å². The van der Waals surface area contributed by atoms with Crippen LogP contribution in [0.1, 0.15) is 51.4 Å². The molecule has 0 bridgehead atoms. The third-order valence-electron chi connectivity index (χ3n) is 4.35. The second-order valence-electron chi connectivity index (χ2n) is 5.49. The summed E-state index contributed by atoms with van der Waals surface area (Å²) in [6.45, 7) is 0. The summed E-state index contributed by atoms with van der Waals surface area (Å²) in [6, 6.07) is 0.683. The zero-order valence-corrected chi connectivity index (χ0v) is 11.6. The van der Waals surface area contributed by atoms with Crippen LogP contribution in [0.3, 0.4) is 0 Å². The summed E-state index contributed by atoms with van der Waals surface area (Å²) in [7, 11) is 0. The van der Waals surface area contributed by atoms with E-state index in [2.05, 4.69) is 4.99 Å². The first-order valence-corrected chi connectivity index (χ1v) is 7.68. The first-order valence-electron chi connectivity index (χ1n) is 6.80. The van der Waals surface area contributed by atoms with Crippen molar-refractivity contribution in [1.82, 2.24) is 0 Å². The SMILES string of the molecule is [Li+].[O-]C1CCCCC1C1=[NH+]C2CCCCC2S1. The number of rotatable bonds is 1. The minimum absolute atomic E-state index is 0. The van der Waals surface area contributed by atoms with E-state index in [0.717, 1.165) is 24.5 Å². The van der Waals surface area contributed by atoms with Crippen molar-refractivity contribution < 1.29 is 29.0 Å². The molecule has 3 aliphatic rings. The molecule has 0 radical (unpaired) electrons. The van der Waals surface area contributed by atoms with Crippen LogP contribution in [0, 0.1) is 5.92 Å². The van der Waals surface area contributed by atoms with Gasteiger partial charge in [-0.05, 0) is 19.3 Å². The molecule has 0 aromatic rings. The maximum Gasteiger partial charge on any atom is 1.00 e. The normalized spacial score (nSPS) is 41.4. The van der Waals surface area contributed by atoms with E-state index in [4.69, 9.17) is 0 Å². The molecule has 0 aromatic heterocycles. The van der Waals surface area contributed by atoms with Crippen LogP contribution >= 0.6 is 11.8 Å². The van der Waals surface area contributed by atoms with E-state index in [-0.39, 0.29) is 25.0 Å². The van der Waals surface area contributed by atoms with E-state index in [1.165, 1.54) is 37.1 Å². The summed E-state index contributed by atoms with van der Waals surface area (Å²) in [5, 5.41) is 14.1. The standard InChI is InChI=1S/C13H20NOS.Li/c15-11-7-3-1-5-9(11)13-14-10-6-2-4-8-12(10)16-13;/h9-12H,1-8H2;/q-1;+1/p+1. The van der Waals surface area contributed by atoms with Gasteiger partial charge < -0.3 is 5.11 Å². The molecule has 2 saturated carbocycles. The molecule has 2 nitrogen and oxygen atoms in total. The van der Waals surface area contributed by atoms with Crippen molar-refractivity contribution >= 4 is 16.8 Å². The smallest absolute Gasteiger partial charge is 0.851 e. The molecule has 3 rings (SSSR count). The molecule has 4 unspecified atom stereocenters. The Bertz CT molecular complexity index is 297. The van der Waals surface area contributed by atoms with Crippen molar-refractivity contribution in [2.24, 2.45) is 5.92 Å². The predicted molar refractivity (Wildman–Crippen MR) is 65.4 cm³/mol. The van der Waals surface area contributed by atoms with Gasteiger partial charge in [0.2, 0.25) is 5.04 Å². The summed E-state index contributed by atoms with van der Waals surface area (Å²) in [6.07, 6.45) is 9.51. The molecule has 1 heterocycles. The Hall–Kier alpha value is 0.577. The molecule has 2 fully saturated rings. The van der Waals surface area contributed by atoms with Crippen LogP contribution in [0.2, 0.25) is 0 Å². The van der Waals surface area contributed by atoms with Crippen molar-refractivity contribution in [2.75, 3.05) is 0 Å². The largest absolute Gasteiger partial charge is 1.00 e. The third-order valence-corrected chi connectivity index (χ3v) is 5.89. The van der Waals surface area contributed by atoms with Crippen molar-refractivity contribution in [3.63, 3.8) is 0 Å². The quantitative estimate of drug-likeness (QED) is 0.517. The second kappa shape index (κ2) is 6.15. The molecular formula is C13H21LiNOS+. The van der Waals surface area contributed by atoms with Gasteiger partial charge in [-0.3, -0.25) is 0 Å². The Labute approximate surface area is 120 Å². The van der Waals surface area contributed by atoms with Gasteiger partial charge in [-0.25, -0.2) is 4.99 Å². The maximum atomic E-state index is 12.0. The van der Waals surface area contributed by atoms with Crippen LogP contribution in [0.15, 0.2) is 0 Å². The Kier molecular flexibility index (Phi) is 5.06. The first kappa shape index (κ1) is 14.0. The van der Waals surface area contributed by atoms with Gasteiger partial charge in [-0.2, -0.15) is 0 Å². The van der Waals surface area contributed by atoms with Crippen molar-refractivity contribution in [3.8, 4) is 0 Å². The van der Waals surface area contributed by atoms with Crippen molar-refractivity contribution in [3.05, 3.63) is 0 Å². The number of nitrogens with one attached hydrogen (secondary N) is 1. The minimum atomic E-state index is -0.330. The fourth-order valence-electron chi connectivity index (χ4n) is 3.37. The number of thioether (sulfide) groups is 1. The molecule has 4 heteroatoms. The van der Waals surface area contributed by atoms with Gasteiger partial charge in [-0.1, -0.05) is 37.4 Å². The number of hydrogen-bond donors (Lipinski definition) is 1. The Morgan fingerprint density at radius 3 is 2.47 bits per heavy atom. The van der Waals surface area contributed by atoms with E-state index < -0.39 is 0 Å². The van der Waals surface area contributed by atoms with E-state index in [1.54, 1.807) is 0 Å². The van der Waals surface area contributed by atoms with Gasteiger partial charge in [0.05, 0.1) is 5.25 Å². The van der Waals surface area contributed by atoms with Gasteiger partial charge >= 0.3 is 18.9 Å². The minimum Gasteiger partial charge on any atom is -0.851 e. The average Bonchev–Trinajstić information content (AvgIpc) is 2.73. The Morgan fingerprint density at radius 2 is 1.71 bits per heavy atom. The number of fused-ring (bicyclic) bond motifs is 1. The van der Waals surface area contributed by atoms with E-state index in [9.17, 15) is 5.11 Å². The van der Waals surface area contributed by atoms with Gasteiger partial charge in [0.1, 0.15) is 0 Å². The predicted octanol–water partition coefficient (Wildman–Crippen LogP) is -2.55. The average molecular weight is 246 g/mol. The zero-order valence-electron chi connectivity index (χ0n) is 10.8. The van der Waals surface area contributed by atoms with Crippen LogP contribution in [-0.4, -0.2) is 22.4 Å². The monoisotopic (exact) mass is 246 g/mol. The third kappa shape index (κ3) is 2.95. The molecular weight excluding hydrogens is 225 g/mol. The summed E-state index contributed by atoms with van der Waals surface area (Å²) < 4.78 is 0. The summed E-state index contributed by atoms with van der Waals surface area (Å²) >= 11 is 2.01. The molecule has 0 amide bonds. The molecule has 0 spiro atoms. The van der Waals surface area contributed by atoms with Gasteiger partial charge in [0.25, 0.3) is 0 Å². The Balaban J connectivity index is 0.00000108. The second-order valence-corrected chi connectivity index (χ2v) is 6.77. The molecule has 0 aromatic carbocycles. The molecule has 2 aliphatic carbocycles. The van der Waals surface area contributed by atoms with Crippen LogP contribution < -0.4 is 29.0 Å². The fourth-order valence-corrected chi connectivity index (χ4v) is 5.02. The molecule has 0 saturated heterocycles. The summed E-state index contributed by atoms with van der Waals surface area (Å²) in [4.78, 5) is 3.67. The van der Waals surface area contributed by atoms with E-state index in [1.807, 2.05) is 11.8 Å². The summed E-state index contributed by atoms with van der Waals surface area (Å²) in [5.41, 5.74) is 0. The van der Waals surface area contributed by atoms with Crippen molar-refractivity contribution in [2.45, 2.75) is 68.8 Å². The first-order chi connectivity index (χ1) is 7.84. The topological polar surface area (TPSA) is 37.0 Å². The van der Waals surface area contributed by atoms with Gasteiger partial charge in [-0.15, -0.1) is 6.10 Å². The number of hydrogen-bond acceptors (Lipinski definition) is 2. The van der Waals surface area contributed by atoms with E-state index >= 15 is 0 Å². The Morgan fingerprint density at radius 1 is 1.00 bits per heavy atom. The molecule has 17 heavy (non-hydrogen) atoms. The maximum absolute atomic E-state index is 12.0. The van der Waals surface area contributed by atoms with Crippen LogP contribution in [0.5, 0.6) is 0 Å². The zero-order chi connectivity index (χ0) is 11.0. The fraction of sp³-hybridized carbons (Fsp3) is 0.923. The van der Waals surface area contributed by atoms with E-state index in [0.29, 0.717) is 12.0 Å². The van der Waals surface area contributed by atoms with Gasteiger partial charge in [0.15, 0.2) is 6.04 Å².